The molecule has 1 N–H and O–H groups in total. The second kappa shape index (κ2) is 5.35. The summed E-state index contributed by atoms with van der Waals surface area (Å²) in [5.74, 6) is -0.0293. The molecule has 0 bridgehead atoms. The van der Waals surface area contributed by atoms with Crippen molar-refractivity contribution in [2.45, 2.75) is 38.5 Å². The highest BCUT2D eigenvalue weighted by Crippen LogP contribution is 2.32. The molecule has 8 heteroatoms. The molecule has 2 aliphatic rings. The maximum Gasteiger partial charge on any atom is 0.274 e. The Hall–Kier alpha value is -1.86. The van der Waals surface area contributed by atoms with E-state index in [4.69, 9.17) is 16.3 Å². The maximum absolute atomic E-state index is 12.7. The normalized spacial score (nSPS) is 24.4. The van der Waals surface area contributed by atoms with Crippen molar-refractivity contribution in [2.75, 3.05) is 13.1 Å². The number of likely N-dealkylation sites (tertiary alicyclic amines) is 1. The van der Waals surface area contributed by atoms with Gasteiger partial charge in [-0.15, -0.1) is 0 Å². The van der Waals surface area contributed by atoms with Gasteiger partial charge in [0.1, 0.15) is 0 Å². The fourth-order valence-corrected chi connectivity index (χ4v) is 3.45. The van der Waals surface area contributed by atoms with Crippen LogP contribution in [-0.2, 0) is 11.2 Å². The number of carbonyl (C=O) groups excluding carboxylic acids is 1. The van der Waals surface area contributed by atoms with Gasteiger partial charge in [-0.25, -0.2) is 0 Å². The van der Waals surface area contributed by atoms with Crippen molar-refractivity contribution in [3.8, 4) is 0 Å². The highest BCUT2D eigenvalue weighted by atomic mass is 35.5. The predicted molar refractivity (Wildman–Crippen MR) is 83.4 cm³/mol. The van der Waals surface area contributed by atoms with Crippen LogP contribution in [0.3, 0.4) is 0 Å². The van der Waals surface area contributed by atoms with Gasteiger partial charge in [0.15, 0.2) is 5.69 Å². The SMILES string of the molecule is C[C@@H]1Cc2c(C(=O)N3CC(n4cc(Cl)cn4)C3)n[nH]c2[C@H](C)O1. The lowest BCUT2D eigenvalue weighted by molar-refractivity contribution is -0.00709. The predicted octanol–water partition coefficient (Wildman–Crippen LogP) is 1.98. The van der Waals surface area contributed by atoms with Crippen LogP contribution in [0.5, 0.6) is 0 Å². The number of halogens is 1. The Morgan fingerprint density at radius 3 is 2.91 bits per heavy atom. The number of hydrogen-bond donors (Lipinski definition) is 1. The van der Waals surface area contributed by atoms with Gasteiger partial charge in [-0.3, -0.25) is 14.6 Å². The monoisotopic (exact) mass is 335 g/mol. The molecule has 0 saturated carbocycles. The number of aromatic amines is 1. The topological polar surface area (TPSA) is 76.0 Å². The summed E-state index contributed by atoms with van der Waals surface area (Å²) in [6.07, 6.45) is 4.14. The third-order valence-electron chi connectivity index (χ3n) is 4.53. The average molecular weight is 336 g/mol. The molecule has 0 unspecified atom stereocenters. The number of ether oxygens (including phenoxy) is 1. The third-order valence-corrected chi connectivity index (χ3v) is 4.73. The van der Waals surface area contributed by atoms with E-state index < -0.39 is 0 Å². The maximum atomic E-state index is 12.7. The summed E-state index contributed by atoms with van der Waals surface area (Å²) in [5, 5.41) is 12.0. The summed E-state index contributed by atoms with van der Waals surface area (Å²) in [6.45, 7) is 5.24. The quantitative estimate of drug-likeness (QED) is 0.910. The lowest BCUT2D eigenvalue weighted by Crippen LogP contribution is -2.51. The molecule has 0 radical (unpaired) electrons. The van der Waals surface area contributed by atoms with Crippen molar-refractivity contribution in [3.05, 3.63) is 34.4 Å². The number of fused-ring (bicyclic) bond motifs is 1. The molecule has 0 spiro atoms. The zero-order valence-corrected chi connectivity index (χ0v) is 13.7. The fourth-order valence-electron chi connectivity index (χ4n) is 3.30. The first-order chi connectivity index (χ1) is 11.0. The first kappa shape index (κ1) is 14.7. The molecular formula is C15H18ClN5O2. The molecule has 2 atom stereocenters. The van der Waals surface area contributed by atoms with Crippen molar-refractivity contribution in [1.82, 2.24) is 24.9 Å². The molecule has 1 fully saturated rings. The Kier molecular flexibility index (Phi) is 3.42. The van der Waals surface area contributed by atoms with Gasteiger partial charge in [0, 0.05) is 31.3 Å². The van der Waals surface area contributed by atoms with Crippen LogP contribution in [0.15, 0.2) is 12.4 Å². The lowest BCUT2D eigenvalue weighted by Gasteiger charge is -2.39. The van der Waals surface area contributed by atoms with Gasteiger partial charge >= 0.3 is 0 Å². The van der Waals surface area contributed by atoms with Crippen LogP contribution in [0.1, 0.15) is 47.7 Å². The van der Waals surface area contributed by atoms with Gasteiger partial charge in [0.25, 0.3) is 5.91 Å². The van der Waals surface area contributed by atoms with Gasteiger partial charge in [-0.2, -0.15) is 10.2 Å². The molecule has 2 aliphatic heterocycles. The minimum absolute atomic E-state index is 0.0293. The zero-order chi connectivity index (χ0) is 16.1. The molecule has 0 aliphatic carbocycles. The molecule has 2 aromatic heterocycles. The Morgan fingerprint density at radius 2 is 2.22 bits per heavy atom. The van der Waals surface area contributed by atoms with E-state index in [2.05, 4.69) is 15.3 Å². The summed E-state index contributed by atoms with van der Waals surface area (Å²) in [4.78, 5) is 14.5. The molecule has 0 aromatic carbocycles. The molecule has 23 heavy (non-hydrogen) atoms. The van der Waals surface area contributed by atoms with Gasteiger partial charge in [-0.1, -0.05) is 11.6 Å². The number of H-pyrrole nitrogens is 1. The van der Waals surface area contributed by atoms with Gasteiger partial charge < -0.3 is 9.64 Å². The van der Waals surface area contributed by atoms with E-state index in [0.717, 1.165) is 11.3 Å². The summed E-state index contributed by atoms with van der Waals surface area (Å²) < 4.78 is 7.57. The summed E-state index contributed by atoms with van der Waals surface area (Å²) in [5.41, 5.74) is 2.44. The summed E-state index contributed by atoms with van der Waals surface area (Å²) >= 11 is 5.88. The van der Waals surface area contributed by atoms with E-state index in [-0.39, 0.29) is 24.2 Å². The van der Waals surface area contributed by atoms with Crippen molar-refractivity contribution in [2.24, 2.45) is 0 Å². The molecule has 122 valence electrons. The highest BCUT2D eigenvalue weighted by Gasteiger charge is 2.37. The van der Waals surface area contributed by atoms with Gasteiger partial charge in [0.05, 0.1) is 35.2 Å². The first-order valence-electron chi connectivity index (χ1n) is 7.74. The minimum Gasteiger partial charge on any atom is -0.369 e. The molecule has 2 aromatic rings. The first-order valence-corrected chi connectivity index (χ1v) is 8.12. The molecule has 1 amide bonds. The van der Waals surface area contributed by atoms with Crippen molar-refractivity contribution in [3.63, 3.8) is 0 Å². The van der Waals surface area contributed by atoms with Crippen molar-refractivity contribution in [1.29, 1.82) is 0 Å². The Morgan fingerprint density at radius 1 is 1.43 bits per heavy atom. The van der Waals surface area contributed by atoms with E-state index in [9.17, 15) is 4.79 Å². The van der Waals surface area contributed by atoms with Crippen LogP contribution >= 0.6 is 11.6 Å². The van der Waals surface area contributed by atoms with Crippen molar-refractivity contribution < 1.29 is 9.53 Å². The van der Waals surface area contributed by atoms with Crippen LogP contribution in [-0.4, -0.2) is 50.0 Å². The summed E-state index contributed by atoms with van der Waals surface area (Å²) in [7, 11) is 0. The fraction of sp³-hybridized carbons (Fsp3) is 0.533. The van der Waals surface area contributed by atoms with Crippen LogP contribution < -0.4 is 0 Å². The second-order valence-corrected chi connectivity index (χ2v) is 6.70. The number of amides is 1. The Labute approximate surface area is 138 Å². The van der Waals surface area contributed by atoms with E-state index in [1.165, 1.54) is 0 Å². The third kappa shape index (κ3) is 2.44. The largest absolute Gasteiger partial charge is 0.369 e. The van der Waals surface area contributed by atoms with E-state index >= 15 is 0 Å². The van der Waals surface area contributed by atoms with E-state index in [1.807, 2.05) is 18.5 Å². The zero-order valence-electron chi connectivity index (χ0n) is 13.0. The number of nitrogens with one attached hydrogen (secondary N) is 1. The summed E-state index contributed by atoms with van der Waals surface area (Å²) in [6, 6.07) is 0.183. The number of hydrogen-bond acceptors (Lipinski definition) is 4. The van der Waals surface area contributed by atoms with Crippen LogP contribution in [0, 0.1) is 0 Å². The van der Waals surface area contributed by atoms with E-state index in [0.29, 0.717) is 30.2 Å². The van der Waals surface area contributed by atoms with Crippen LogP contribution in [0.2, 0.25) is 5.02 Å². The average Bonchev–Trinajstić information content (AvgIpc) is 3.03. The molecule has 4 heterocycles. The number of nitrogens with zero attached hydrogens (tertiary/aromatic N) is 4. The molecule has 1 saturated heterocycles. The van der Waals surface area contributed by atoms with E-state index in [1.54, 1.807) is 17.3 Å². The molecule has 7 nitrogen and oxygen atoms in total. The van der Waals surface area contributed by atoms with Crippen LogP contribution in [0.4, 0.5) is 0 Å². The smallest absolute Gasteiger partial charge is 0.274 e. The Bertz CT molecular complexity index is 749. The number of aromatic nitrogens is 4. The molecular weight excluding hydrogens is 318 g/mol. The highest BCUT2D eigenvalue weighted by molar-refractivity contribution is 6.30. The van der Waals surface area contributed by atoms with Gasteiger partial charge in [0.2, 0.25) is 0 Å². The minimum atomic E-state index is -0.0573. The second-order valence-electron chi connectivity index (χ2n) is 6.26. The number of rotatable bonds is 2. The molecule has 4 rings (SSSR count). The lowest BCUT2D eigenvalue weighted by atomic mass is 9.98. The standard InChI is InChI=1S/C15H18ClN5O2/c1-8-3-12-13(9(2)23-8)18-19-14(12)15(22)20-6-11(7-20)21-5-10(16)4-17-21/h4-5,8-9,11H,3,6-7H2,1-2H3,(H,18,19)/t8-,9+/m1/s1. The number of carbonyl (C=O) groups is 1. The van der Waals surface area contributed by atoms with Crippen LogP contribution in [0.25, 0.3) is 0 Å². The Balaban J connectivity index is 1.49. The van der Waals surface area contributed by atoms with Gasteiger partial charge in [-0.05, 0) is 13.8 Å². The van der Waals surface area contributed by atoms with Crippen molar-refractivity contribution >= 4 is 17.5 Å².